The van der Waals surface area contributed by atoms with Crippen molar-refractivity contribution in [3.05, 3.63) is 72.9 Å². The Morgan fingerprint density at radius 1 is 0.378 bits per heavy atom. The van der Waals surface area contributed by atoms with Crippen molar-refractivity contribution in [3.8, 4) is 0 Å². The van der Waals surface area contributed by atoms with Crippen LogP contribution in [0.25, 0.3) is 0 Å². The molecule has 12 heteroatoms. The topological polar surface area (TPSA) is 155 Å². The highest BCUT2D eigenvalue weighted by Crippen LogP contribution is 2.43. The van der Waals surface area contributed by atoms with Gasteiger partial charge in [0.1, 0.15) is 12.7 Å². The molecule has 0 bridgehead atoms. The lowest BCUT2D eigenvalue weighted by Gasteiger charge is -2.21. The van der Waals surface area contributed by atoms with E-state index in [1.54, 1.807) is 0 Å². The van der Waals surface area contributed by atoms with Crippen LogP contribution < -0.4 is 0 Å². The fraction of sp³-hybridized carbons (Fsp3) is 0.758. The van der Waals surface area contributed by atoms with Gasteiger partial charge in [-0.2, -0.15) is 0 Å². The molecular weight excluding hydrogens is 952 g/mol. The molecule has 0 aliphatic carbocycles. The summed E-state index contributed by atoms with van der Waals surface area (Å²) in [6.45, 7) is 4.55. The molecule has 0 fully saturated rings. The number of rotatable bonds is 55. The number of hydrogen-bond donors (Lipinski definition) is 2. The summed E-state index contributed by atoms with van der Waals surface area (Å²) in [5, 5.41) is 9.81. The van der Waals surface area contributed by atoms with Crippen LogP contribution in [-0.2, 0) is 42.2 Å². The van der Waals surface area contributed by atoms with Crippen LogP contribution in [0.3, 0.4) is 0 Å². The molecule has 3 unspecified atom stereocenters. The number of phosphoric acid groups is 1. The maximum atomic E-state index is 12.9. The summed E-state index contributed by atoms with van der Waals surface area (Å²) in [7, 11) is -4.76. The van der Waals surface area contributed by atoms with Gasteiger partial charge >= 0.3 is 25.7 Å². The van der Waals surface area contributed by atoms with Crippen LogP contribution in [0, 0.1) is 0 Å². The quantitative estimate of drug-likeness (QED) is 0.0197. The second-order valence-electron chi connectivity index (χ2n) is 19.8. The molecular formula is C62H109O11P. The zero-order valence-corrected chi connectivity index (χ0v) is 48.2. The Morgan fingerprint density at radius 2 is 0.662 bits per heavy atom. The fourth-order valence-corrected chi connectivity index (χ4v) is 8.76. The maximum absolute atomic E-state index is 12.9. The summed E-state index contributed by atoms with van der Waals surface area (Å²) in [6.07, 6.45) is 62.8. The Kier molecular flexibility index (Phi) is 53.8. The zero-order chi connectivity index (χ0) is 54.1. The first-order chi connectivity index (χ1) is 36.2. The summed E-state index contributed by atoms with van der Waals surface area (Å²) in [5.41, 5.74) is 0. The molecule has 0 amide bonds. The second-order valence-corrected chi connectivity index (χ2v) is 21.3. The van der Waals surface area contributed by atoms with Crippen molar-refractivity contribution in [1.29, 1.82) is 0 Å². The predicted molar refractivity (Wildman–Crippen MR) is 307 cm³/mol. The van der Waals surface area contributed by atoms with Crippen LogP contribution in [0.2, 0.25) is 0 Å². The molecule has 0 saturated carbocycles. The van der Waals surface area contributed by atoms with E-state index in [-0.39, 0.29) is 25.9 Å². The molecule has 0 rings (SSSR count). The van der Waals surface area contributed by atoms with Crippen molar-refractivity contribution >= 4 is 25.7 Å². The highest BCUT2D eigenvalue weighted by Gasteiger charge is 2.28. The Bertz CT molecular complexity index is 1520. The average molecular weight is 1060 g/mol. The number of unbranched alkanes of at least 4 members (excludes halogenated alkanes) is 26. The van der Waals surface area contributed by atoms with E-state index in [0.717, 1.165) is 135 Å². The number of esters is 3. The van der Waals surface area contributed by atoms with E-state index in [4.69, 9.17) is 23.3 Å². The van der Waals surface area contributed by atoms with E-state index < -0.39 is 57.8 Å². The van der Waals surface area contributed by atoms with Gasteiger partial charge in [-0.25, -0.2) is 4.57 Å². The van der Waals surface area contributed by atoms with E-state index in [2.05, 4.69) is 93.7 Å². The van der Waals surface area contributed by atoms with Crippen LogP contribution in [0.1, 0.15) is 265 Å². The monoisotopic (exact) mass is 1060 g/mol. The van der Waals surface area contributed by atoms with E-state index in [9.17, 15) is 28.9 Å². The van der Waals surface area contributed by atoms with Gasteiger partial charge in [0, 0.05) is 19.3 Å². The standard InChI is InChI=1S/C62H109O11P/c1-4-7-10-13-16-19-22-25-27-28-29-30-32-35-38-41-44-47-50-53-62(66)73-59(55-69-60(64)51-48-45-42-39-36-34-31-26-23-20-17-14-11-8-5-2)57-71-74(67,68)70-56-58(54-63)72-61(65)52-49-46-43-40-37-33-24-21-18-15-12-9-6-3/h16-17,19-21,24-27,29-31,58-59,63H,4-15,18,22-23,28,32-57H2,1-3H3,(H,67,68)/b19-16-,20-17-,24-21-,27-25-,30-29-,31-26-. The summed E-state index contributed by atoms with van der Waals surface area (Å²) in [4.78, 5) is 48.6. The molecule has 0 aromatic heterocycles. The van der Waals surface area contributed by atoms with E-state index >= 15 is 0 Å². The maximum Gasteiger partial charge on any atom is 0.472 e. The van der Waals surface area contributed by atoms with Gasteiger partial charge in [-0.1, -0.05) is 203 Å². The van der Waals surface area contributed by atoms with E-state index in [1.807, 2.05) is 0 Å². The van der Waals surface area contributed by atoms with Crippen molar-refractivity contribution in [2.24, 2.45) is 0 Å². The molecule has 3 atom stereocenters. The third-order valence-electron chi connectivity index (χ3n) is 12.6. The third-order valence-corrected chi connectivity index (χ3v) is 13.5. The number of carbonyl (C=O) groups excluding carboxylic acids is 3. The highest BCUT2D eigenvalue weighted by atomic mass is 31.2. The van der Waals surface area contributed by atoms with Gasteiger partial charge in [-0.15, -0.1) is 0 Å². The minimum Gasteiger partial charge on any atom is -0.462 e. The molecule has 11 nitrogen and oxygen atoms in total. The first kappa shape index (κ1) is 70.9. The lowest BCUT2D eigenvalue weighted by atomic mass is 10.1. The van der Waals surface area contributed by atoms with Crippen LogP contribution in [0.15, 0.2) is 72.9 Å². The summed E-state index contributed by atoms with van der Waals surface area (Å²) >= 11 is 0. The van der Waals surface area contributed by atoms with Crippen LogP contribution >= 0.6 is 7.82 Å². The SMILES string of the molecule is CCCCC/C=C\C/C=C\C/C=C\CCCCCCCCC(=O)OC(COC(=O)CCCCCCC/C=C\C/C=C\CCCCC)COP(=O)(O)OCC(CO)OC(=O)CCCCCCC/C=C\CCCCCC. The van der Waals surface area contributed by atoms with Crippen molar-refractivity contribution < 1.29 is 52.2 Å². The molecule has 0 aromatic rings. The molecule has 74 heavy (non-hydrogen) atoms. The Balaban J connectivity index is 4.77. The van der Waals surface area contributed by atoms with Crippen molar-refractivity contribution in [3.63, 3.8) is 0 Å². The van der Waals surface area contributed by atoms with Gasteiger partial charge < -0.3 is 24.2 Å². The zero-order valence-electron chi connectivity index (χ0n) is 47.3. The summed E-state index contributed by atoms with van der Waals surface area (Å²) in [5.74, 6) is -1.50. The molecule has 0 aliphatic rings. The van der Waals surface area contributed by atoms with Crippen LogP contribution in [-0.4, -0.2) is 66.5 Å². The van der Waals surface area contributed by atoms with Gasteiger partial charge in [0.05, 0.1) is 19.8 Å². The number of hydrogen-bond acceptors (Lipinski definition) is 10. The van der Waals surface area contributed by atoms with Crippen LogP contribution in [0.5, 0.6) is 0 Å². The van der Waals surface area contributed by atoms with Gasteiger partial charge in [0.25, 0.3) is 0 Å². The first-order valence-corrected chi connectivity index (χ1v) is 31.3. The largest absolute Gasteiger partial charge is 0.472 e. The van der Waals surface area contributed by atoms with Gasteiger partial charge in [0.2, 0.25) is 0 Å². The molecule has 428 valence electrons. The van der Waals surface area contributed by atoms with Crippen molar-refractivity contribution in [2.75, 3.05) is 26.4 Å². The van der Waals surface area contributed by atoms with E-state index in [1.165, 1.54) is 70.6 Å². The predicted octanol–water partition coefficient (Wildman–Crippen LogP) is 17.7. The van der Waals surface area contributed by atoms with E-state index in [0.29, 0.717) is 19.3 Å². The number of carbonyl (C=O) groups is 3. The molecule has 0 heterocycles. The third kappa shape index (κ3) is 53.7. The summed E-state index contributed by atoms with van der Waals surface area (Å²) in [6, 6.07) is 0. The Hall–Kier alpha value is -3.08. The molecule has 2 N–H and O–H groups in total. The number of phosphoric ester groups is 1. The summed E-state index contributed by atoms with van der Waals surface area (Å²) < 4.78 is 39.5. The minimum atomic E-state index is -4.76. The second kappa shape index (κ2) is 56.1. The Morgan fingerprint density at radius 3 is 1.05 bits per heavy atom. The molecule has 0 spiro atoms. The van der Waals surface area contributed by atoms with Crippen molar-refractivity contribution in [1.82, 2.24) is 0 Å². The molecule has 0 aliphatic heterocycles. The first-order valence-electron chi connectivity index (χ1n) is 29.8. The lowest BCUT2D eigenvalue weighted by Crippen LogP contribution is -2.30. The molecule has 0 radical (unpaired) electrons. The van der Waals surface area contributed by atoms with Gasteiger partial charge in [0.15, 0.2) is 6.10 Å². The molecule has 0 aromatic carbocycles. The number of ether oxygens (including phenoxy) is 3. The van der Waals surface area contributed by atoms with Crippen LogP contribution in [0.4, 0.5) is 0 Å². The minimum absolute atomic E-state index is 0.148. The number of aliphatic hydroxyl groups is 1. The number of aliphatic hydroxyl groups excluding tert-OH is 1. The lowest BCUT2D eigenvalue weighted by molar-refractivity contribution is -0.161. The Labute approximate surface area is 452 Å². The highest BCUT2D eigenvalue weighted by molar-refractivity contribution is 7.47. The van der Waals surface area contributed by atoms with Crippen molar-refractivity contribution in [2.45, 2.75) is 277 Å². The normalized spacial score (nSPS) is 13.9. The molecule has 0 saturated heterocycles. The number of allylic oxidation sites excluding steroid dienone is 12. The smallest absolute Gasteiger partial charge is 0.462 e. The fourth-order valence-electron chi connectivity index (χ4n) is 7.98. The van der Waals surface area contributed by atoms with Gasteiger partial charge in [-0.05, 0) is 116 Å². The van der Waals surface area contributed by atoms with Gasteiger partial charge in [-0.3, -0.25) is 23.4 Å². The average Bonchev–Trinajstić information content (AvgIpc) is 3.39.